The van der Waals surface area contributed by atoms with Crippen molar-refractivity contribution in [3.8, 4) is 0 Å². The van der Waals surface area contributed by atoms with Crippen molar-refractivity contribution in [2.45, 2.75) is 38.5 Å². The molecule has 0 aromatic carbocycles. The third kappa shape index (κ3) is 3.39. The summed E-state index contributed by atoms with van der Waals surface area (Å²) >= 11 is 1.74. The molecule has 1 heterocycles. The Bertz CT molecular complexity index is 347. The summed E-state index contributed by atoms with van der Waals surface area (Å²) in [6.45, 7) is 0.676. The second-order valence-electron chi connectivity index (χ2n) is 4.93. The molecule has 1 fully saturated rings. The van der Waals surface area contributed by atoms with Crippen molar-refractivity contribution in [2.75, 3.05) is 6.54 Å². The van der Waals surface area contributed by atoms with Crippen LogP contribution in [0.5, 0.6) is 0 Å². The number of thiophene rings is 1. The molecule has 2 atom stereocenters. The Labute approximate surface area is 107 Å². The summed E-state index contributed by atoms with van der Waals surface area (Å²) < 4.78 is 0. The summed E-state index contributed by atoms with van der Waals surface area (Å²) in [7, 11) is 0. The van der Waals surface area contributed by atoms with Crippen molar-refractivity contribution in [1.29, 1.82) is 0 Å². The predicted octanol–water partition coefficient (Wildman–Crippen LogP) is 3.01. The highest BCUT2D eigenvalue weighted by Crippen LogP contribution is 2.31. The summed E-state index contributed by atoms with van der Waals surface area (Å²) in [5.74, 6) is 1.13. The van der Waals surface area contributed by atoms with E-state index in [9.17, 15) is 4.79 Å². The summed E-state index contributed by atoms with van der Waals surface area (Å²) in [5.41, 5.74) is 5.77. The summed E-state index contributed by atoms with van der Waals surface area (Å²) in [4.78, 5) is 13.5. The molecule has 94 valence electrons. The monoisotopic (exact) mass is 251 g/mol. The highest BCUT2D eigenvalue weighted by atomic mass is 32.1. The van der Waals surface area contributed by atoms with E-state index in [1.807, 2.05) is 6.07 Å². The van der Waals surface area contributed by atoms with Gasteiger partial charge in [-0.3, -0.25) is 4.79 Å². The number of ketones is 1. The van der Waals surface area contributed by atoms with Crippen LogP contribution in [-0.4, -0.2) is 12.3 Å². The van der Waals surface area contributed by atoms with Crippen LogP contribution in [-0.2, 0) is 11.2 Å². The first-order chi connectivity index (χ1) is 8.31. The lowest BCUT2D eigenvalue weighted by atomic mass is 9.76. The molecule has 0 radical (unpaired) electrons. The average molecular weight is 251 g/mol. The van der Waals surface area contributed by atoms with E-state index >= 15 is 0 Å². The molecule has 1 aliphatic rings. The van der Waals surface area contributed by atoms with E-state index < -0.39 is 0 Å². The van der Waals surface area contributed by atoms with Crippen LogP contribution in [0.3, 0.4) is 0 Å². The highest BCUT2D eigenvalue weighted by Gasteiger charge is 2.29. The predicted molar refractivity (Wildman–Crippen MR) is 72.1 cm³/mol. The minimum absolute atomic E-state index is 0.244. The Morgan fingerprint density at radius 1 is 1.41 bits per heavy atom. The number of Topliss-reactive ketones (excluding diaryl/α,β-unsaturated/α-hetero) is 1. The molecule has 1 saturated carbocycles. The number of hydrogen-bond donors (Lipinski definition) is 1. The van der Waals surface area contributed by atoms with Crippen LogP contribution >= 0.6 is 11.3 Å². The zero-order valence-electron chi connectivity index (χ0n) is 10.2. The molecule has 1 aliphatic carbocycles. The molecule has 1 aromatic rings. The van der Waals surface area contributed by atoms with Gasteiger partial charge in [0.25, 0.3) is 0 Å². The molecule has 2 unspecified atom stereocenters. The molecule has 0 bridgehead atoms. The van der Waals surface area contributed by atoms with Crippen LogP contribution in [0.4, 0.5) is 0 Å². The summed E-state index contributed by atoms with van der Waals surface area (Å²) in [6.07, 6.45) is 6.26. The van der Waals surface area contributed by atoms with Gasteiger partial charge in [0.15, 0.2) is 0 Å². The first-order valence-corrected chi connectivity index (χ1v) is 7.44. The van der Waals surface area contributed by atoms with Gasteiger partial charge in [0, 0.05) is 17.2 Å². The van der Waals surface area contributed by atoms with Gasteiger partial charge in [-0.2, -0.15) is 0 Å². The van der Waals surface area contributed by atoms with Crippen LogP contribution in [0.1, 0.15) is 37.0 Å². The second-order valence-corrected chi connectivity index (χ2v) is 5.96. The zero-order chi connectivity index (χ0) is 12.1. The van der Waals surface area contributed by atoms with Crippen molar-refractivity contribution in [2.24, 2.45) is 17.6 Å². The van der Waals surface area contributed by atoms with Crippen molar-refractivity contribution < 1.29 is 4.79 Å². The smallest absolute Gasteiger partial charge is 0.136 e. The van der Waals surface area contributed by atoms with E-state index in [0.29, 0.717) is 24.7 Å². The Hall–Kier alpha value is -0.670. The van der Waals surface area contributed by atoms with E-state index in [1.165, 1.54) is 17.7 Å². The van der Waals surface area contributed by atoms with Gasteiger partial charge in [0.2, 0.25) is 0 Å². The SMILES string of the molecule is NCC1CCCCC1C(=O)CCc1cccs1. The summed E-state index contributed by atoms with van der Waals surface area (Å²) in [5, 5.41) is 2.07. The van der Waals surface area contributed by atoms with Gasteiger partial charge in [0.1, 0.15) is 5.78 Å². The molecule has 0 amide bonds. The van der Waals surface area contributed by atoms with Crippen LogP contribution in [0.25, 0.3) is 0 Å². The lowest BCUT2D eigenvalue weighted by Gasteiger charge is -2.29. The molecule has 0 spiro atoms. The van der Waals surface area contributed by atoms with Crippen LogP contribution in [0.2, 0.25) is 0 Å². The largest absolute Gasteiger partial charge is 0.330 e. The van der Waals surface area contributed by atoms with Gasteiger partial charge in [-0.1, -0.05) is 18.9 Å². The first kappa shape index (κ1) is 12.8. The van der Waals surface area contributed by atoms with Gasteiger partial charge in [-0.15, -0.1) is 11.3 Å². The number of rotatable bonds is 5. The van der Waals surface area contributed by atoms with E-state index in [-0.39, 0.29) is 5.92 Å². The van der Waals surface area contributed by atoms with E-state index in [4.69, 9.17) is 5.73 Å². The van der Waals surface area contributed by atoms with Crippen LogP contribution in [0.15, 0.2) is 17.5 Å². The van der Waals surface area contributed by atoms with Crippen molar-refractivity contribution in [1.82, 2.24) is 0 Å². The Balaban J connectivity index is 1.85. The molecular formula is C14H21NOS. The Kier molecular flexibility index (Phi) is 4.75. The molecule has 0 aliphatic heterocycles. The molecule has 3 heteroatoms. The topological polar surface area (TPSA) is 43.1 Å². The fourth-order valence-electron chi connectivity index (χ4n) is 2.80. The number of carbonyl (C=O) groups is 1. The van der Waals surface area contributed by atoms with Crippen molar-refractivity contribution >= 4 is 17.1 Å². The lowest BCUT2D eigenvalue weighted by molar-refractivity contribution is -0.125. The van der Waals surface area contributed by atoms with Gasteiger partial charge < -0.3 is 5.73 Å². The number of carbonyl (C=O) groups excluding carboxylic acids is 1. The van der Waals surface area contributed by atoms with Gasteiger partial charge in [-0.25, -0.2) is 0 Å². The Morgan fingerprint density at radius 2 is 2.24 bits per heavy atom. The highest BCUT2D eigenvalue weighted by molar-refractivity contribution is 7.09. The third-order valence-electron chi connectivity index (χ3n) is 3.82. The standard InChI is InChI=1S/C14H21NOS/c15-10-11-4-1-2-6-13(11)14(16)8-7-12-5-3-9-17-12/h3,5,9,11,13H,1-2,4,6-8,10,15H2. The summed E-state index contributed by atoms with van der Waals surface area (Å²) in [6, 6.07) is 4.16. The molecular weight excluding hydrogens is 230 g/mol. The minimum atomic E-state index is 0.244. The van der Waals surface area contributed by atoms with E-state index in [1.54, 1.807) is 11.3 Å². The molecule has 1 aromatic heterocycles. The van der Waals surface area contributed by atoms with E-state index in [2.05, 4.69) is 11.4 Å². The maximum absolute atomic E-state index is 12.2. The molecule has 2 rings (SSSR count). The quantitative estimate of drug-likeness (QED) is 0.874. The van der Waals surface area contributed by atoms with Crippen LogP contribution < -0.4 is 5.73 Å². The Morgan fingerprint density at radius 3 is 2.94 bits per heavy atom. The fraction of sp³-hybridized carbons (Fsp3) is 0.643. The molecule has 2 nitrogen and oxygen atoms in total. The van der Waals surface area contributed by atoms with Crippen LogP contribution in [0, 0.1) is 11.8 Å². The van der Waals surface area contributed by atoms with Crippen molar-refractivity contribution in [3.05, 3.63) is 22.4 Å². The normalized spacial score (nSPS) is 24.8. The zero-order valence-corrected chi connectivity index (χ0v) is 11.0. The lowest BCUT2D eigenvalue weighted by Crippen LogP contribution is -2.32. The second kappa shape index (κ2) is 6.31. The molecule has 2 N–H and O–H groups in total. The van der Waals surface area contributed by atoms with Gasteiger partial charge in [-0.05, 0) is 43.2 Å². The fourth-order valence-corrected chi connectivity index (χ4v) is 3.51. The average Bonchev–Trinajstić information content (AvgIpc) is 2.89. The third-order valence-corrected chi connectivity index (χ3v) is 4.76. The maximum atomic E-state index is 12.2. The van der Waals surface area contributed by atoms with Gasteiger partial charge >= 0.3 is 0 Å². The maximum Gasteiger partial charge on any atom is 0.136 e. The number of aryl methyl sites for hydroxylation is 1. The molecule has 0 saturated heterocycles. The number of nitrogens with two attached hydrogens (primary N) is 1. The minimum Gasteiger partial charge on any atom is -0.330 e. The van der Waals surface area contributed by atoms with Gasteiger partial charge in [0.05, 0.1) is 0 Å². The first-order valence-electron chi connectivity index (χ1n) is 6.56. The number of hydrogen-bond acceptors (Lipinski definition) is 3. The molecule has 17 heavy (non-hydrogen) atoms. The van der Waals surface area contributed by atoms with E-state index in [0.717, 1.165) is 19.3 Å². The van der Waals surface area contributed by atoms with Crippen molar-refractivity contribution in [3.63, 3.8) is 0 Å².